The largest absolute Gasteiger partial charge is 0.442 e. The summed E-state index contributed by atoms with van der Waals surface area (Å²) >= 11 is 0. The predicted octanol–water partition coefficient (Wildman–Crippen LogP) is 2.00. The minimum absolute atomic E-state index is 0.0168. The summed E-state index contributed by atoms with van der Waals surface area (Å²) in [6.07, 6.45) is 1.73. The second-order valence-electron chi connectivity index (χ2n) is 9.11. The third kappa shape index (κ3) is 3.11. The van der Waals surface area contributed by atoms with Crippen molar-refractivity contribution in [2.24, 2.45) is 5.92 Å². The molecule has 1 aromatic heterocycles. The average Bonchev–Trinajstić information content (AvgIpc) is 3.11. The molecule has 4 aliphatic rings. The van der Waals surface area contributed by atoms with Crippen LogP contribution in [0.3, 0.4) is 0 Å². The molecule has 0 bridgehead atoms. The Morgan fingerprint density at radius 2 is 2.09 bits per heavy atom. The summed E-state index contributed by atoms with van der Waals surface area (Å²) in [4.78, 5) is 35.3. The summed E-state index contributed by atoms with van der Waals surface area (Å²) in [6, 6.07) is 4.67. The van der Waals surface area contributed by atoms with Crippen molar-refractivity contribution < 1.29 is 27.9 Å². The van der Waals surface area contributed by atoms with Crippen LogP contribution < -0.4 is 4.90 Å². The highest BCUT2D eigenvalue weighted by molar-refractivity contribution is 5.82. The van der Waals surface area contributed by atoms with Crippen LogP contribution in [0.25, 0.3) is 11.1 Å². The maximum absolute atomic E-state index is 14.0. The molecule has 2 amide bonds. The minimum Gasteiger partial charge on any atom is -0.442 e. The summed E-state index contributed by atoms with van der Waals surface area (Å²) in [7, 11) is 1.59. The van der Waals surface area contributed by atoms with Gasteiger partial charge in [-0.05, 0) is 37.3 Å². The van der Waals surface area contributed by atoms with Gasteiger partial charge in [0.1, 0.15) is 17.7 Å². The van der Waals surface area contributed by atoms with E-state index in [1.54, 1.807) is 24.1 Å². The highest BCUT2D eigenvalue weighted by Crippen LogP contribution is 2.37. The van der Waals surface area contributed by atoms with Gasteiger partial charge in [-0.15, -0.1) is 0 Å². The summed E-state index contributed by atoms with van der Waals surface area (Å²) in [5.74, 6) is -0.0957. The van der Waals surface area contributed by atoms with Crippen LogP contribution in [0.1, 0.15) is 19.3 Å². The lowest BCUT2D eigenvalue weighted by atomic mass is 10.1. The van der Waals surface area contributed by atoms with Crippen molar-refractivity contribution >= 4 is 29.1 Å². The van der Waals surface area contributed by atoms with Crippen molar-refractivity contribution in [2.75, 3.05) is 38.2 Å². The molecular formula is C22H25FN4O5. The molecule has 9 nitrogen and oxygen atoms in total. The maximum atomic E-state index is 14.0. The van der Waals surface area contributed by atoms with Crippen molar-refractivity contribution in [1.82, 2.24) is 14.8 Å². The monoisotopic (exact) mass is 444 g/mol. The molecule has 170 valence electrons. The normalized spacial score (nSPS) is 28.5. The molecule has 2 aromatic rings. The van der Waals surface area contributed by atoms with Gasteiger partial charge in [-0.3, -0.25) is 9.69 Å². The summed E-state index contributed by atoms with van der Waals surface area (Å²) < 4.78 is 30.9. The van der Waals surface area contributed by atoms with E-state index in [1.165, 1.54) is 6.07 Å². The Morgan fingerprint density at radius 1 is 1.25 bits per heavy atom. The van der Waals surface area contributed by atoms with Gasteiger partial charge in [-0.2, -0.15) is 4.98 Å². The van der Waals surface area contributed by atoms with Crippen LogP contribution in [-0.4, -0.2) is 84.4 Å². The number of carbonyl (C=O) groups is 2. The molecule has 0 radical (unpaired) electrons. The number of ether oxygens (including phenoxy) is 2. The van der Waals surface area contributed by atoms with Gasteiger partial charge in [0, 0.05) is 26.7 Å². The van der Waals surface area contributed by atoms with Gasteiger partial charge in [0.15, 0.2) is 11.4 Å². The third-order valence-corrected chi connectivity index (χ3v) is 7.10. The van der Waals surface area contributed by atoms with E-state index in [9.17, 15) is 14.0 Å². The van der Waals surface area contributed by atoms with Crippen molar-refractivity contribution in [3.05, 3.63) is 24.0 Å². The Hall–Kier alpha value is -2.88. The van der Waals surface area contributed by atoms with Gasteiger partial charge in [0.05, 0.1) is 18.6 Å². The lowest BCUT2D eigenvalue weighted by Gasteiger charge is -2.28. The number of aromatic nitrogens is 1. The first kappa shape index (κ1) is 19.8. The molecule has 4 heterocycles. The number of anilines is 1. The second-order valence-corrected chi connectivity index (χ2v) is 9.11. The number of fused-ring (bicyclic) bond motifs is 2. The zero-order valence-corrected chi connectivity index (χ0v) is 17.8. The minimum atomic E-state index is -0.429. The van der Waals surface area contributed by atoms with E-state index >= 15 is 0 Å². The number of methoxy groups -OCH3 is 1. The number of para-hydroxylation sites is 1. The summed E-state index contributed by atoms with van der Waals surface area (Å²) in [6.45, 7) is 2.01. The molecular weight excluding hydrogens is 419 g/mol. The number of benzene rings is 1. The van der Waals surface area contributed by atoms with E-state index in [2.05, 4.69) is 4.98 Å². The zero-order valence-electron chi connectivity index (χ0n) is 17.8. The number of likely N-dealkylation sites (tertiary alicyclic amines) is 1. The summed E-state index contributed by atoms with van der Waals surface area (Å²) in [5, 5.41) is 0. The van der Waals surface area contributed by atoms with Crippen LogP contribution >= 0.6 is 0 Å². The molecule has 32 heavy (non-hydrogen) atoms. The first-order chi connectivity index (χ1) is 15.5. The Bertz CT molecular complexity index is 1070. The van der Waals surface area contributed by atoms with Crippen LogP contribution in [0.5, 0.6) is 0 Å². The molecule has 1 saturated carbocycles. The lowest BCUT2D eigenvalue weighted by Crippen LogP contribution is -2.47. The number of amides is 2. The standard InChI is InChI=1S/C22H25FN4O5/c1-30-19(12-5-6-12)20(28)25-8-7-13(9-25)27-15-10-26(11-17(15)32-22(27)29)21-24-18-14(23)3-2-4-16(18)31-21/h2-4,12-13,15,17,19H,5-11H2,1H3/t13?,15-,17+,19?/m1/s1. The SMILES string of the molecule is COC(C(=O)N1CCC(N2C(=O)O[C@H]3CN(c4nc5c(F)cccc5o4)C[C@H]32)C1)C1CC1. The molecule has 4 fully saturated rings. The third-order valence-electron chi connectivity index (χ3n) is 7.10. The van der Waals surface area contributed by atoms with Crippen molar-refractivity contribution in [1.29, 1.82) is 0 Å². The fraction of sp³-hybridized carbons (Fsp3) is 0.591. The molecule has 3 aliphatic heterocycles. The zero-order chi connectivity index (χ0) is 22.0. The fourth-order valence-corrected chi connectivity index (χ4v) is 5.32. The molecule has 4 atom stereocenters. The molecule has 10 heteroatoms. The highest BCUT2D eigenvalue weighted by Gasteiger charge is 2.52. The average molecular weight is 444 g/mol. The van der Waals surface area contributed by atoms with E-state index in [1.807, 2.05) is 9.80 Å². The van der Waals surface area contributed by atoms with E-state index in [0.29, 0.717) is 50.1 Å². The van der Waals surface area contributed by atoms with Crippen molar-refractivity contribution in [3.63, 3.8) is 0 Å². The van der Waals surface area contributed by atoms with Crippen LogP contribution in [0, 0.1) is 11.7 Å². The Balaban J connectivity index is 1.16. The molecule has 0 N–H and O–H groups in total. The van der Waals surface area contributed by atoms with Crippen LogP contribution in [-0.2, 0) is 14.3 Å². The lowest BCUT2D eigenvalue weighted by molar-refractivity contribution is -0.142. The fourth-order valence-electron chi connectivity index (χ4n) is 5.32. The van der Waals surface area contributed by atoms with E-state index in [0.717, 1.165) is 12.8 Å². The molecule has 6 rings (SSSR count). The molecule has 3 saturated heterocycles. The Kier molecular flexibility index (Phi) is 4.53. The maximum Gasteiger partial charge on any atom is 0.410 e. The first-order valence-corrected chi connectivity index (χ1v) is 11.1. The van der Waals surface area contributed by atoms with Gasteiger partial charge in [-0.25, -0.2) is 9.18 Å². The quantitative estimate of drug-likeness (QED) is 0.697. The molecule has 2 unspecified atom stereocenters. The number of carbonyl (C=O) groups excluding carboxylic acids is 2. The smallest absolute Gasteiger partial charge is 0.410 e. The van der Waals surface area contributed by atoms with Crippen LogP contribution in [0.15, 0.2) is 22.6 Å². The van der Waals surface area contributed by atoms with Gasteiger partial charge < -0.3 is 23.7 Å². The molecule has 1 aliphatic carbocycles. The number of nitrogens with zero attached hydrogens (tertiary/aromatic N) is 4. The number of hydrogen-bond donors (Lipinski definition) is 0. The number of oxazole rings is 1. The Labute approximate surface area is 184 Å². The van der Waals surface area contributed by atoms with Crippen molar-refractivity contribution in [3.8, 4) is 0 Å². The van der Waals surface area contributed by atoms with Gasteiger partial charge in [0.2, 0.25) is 0 Å². The predicted molar refractivity (Wildman–Crippen MR) is 111 cm³/mol. The number of halogens is 1. The number of hydrogen-bond acceptors (Lipinski definition) is 7. The number of rotatable bonds is 5. The molecule has 0 spiro atoms. The summed E-state index contributed by atoms with van der Waals surface area (Å²) in [5.41, 5.74) is 0.584. The van der Waals surface area contributed by atoms with Gasteiger partial charge in [0.25, 0.3) is 11.9 Å². The van der Waals surface area contributed by atoms with Gasteiger partial charge in [-0.1, -0.05) is 6.07 Å². The van der Waals surface area contributed by atoms with Crippen LogP contribution in [0.2, 0.25) is 0 Å². The first-order valence-electron chi connectivity index (χ1n) is 11.1. The van der Waals surface area contributed by atoms with E-state index in [4.69, 9.17) is 13.9 Å². The van der Waals surface area contributed by atoms with Gasteiger partial charge >= 0.3 is 6.09 Å². The topological polar surface area (TPSA) is 88.4 Å². The highest BCUT2D eigenvalue weighted by atomic mass is 19.1. The van der Waals surface area contributed by atoms with Crippen molar-refractivity contribution in [2.45, 2.75) is 43.6 Å². The molecule has 1 aromatic carbocycles. The van der Waals surface area contributed by atoms with E-state index in [-0.39, 0.29) is 41.8 Å². The van der Waals surface area contributed by atoms with E-state index < -0.39 is 5.82 Å². The second kappa shape index (κ2) is 7.33. The van der Waals surface area contributed by atoms with Crippen LogP contribution in [0.4, 0.5) is 15.2 Å². The Morgan fingerprint density at radius 3 is 2.84 bits per heavy atom.